The predicted molar refractivity (Wildman–Crippen MR) is 101 cm³/mol. The fourth-order valence-corrected chi connectivity index (χ4v) is 2.69. The smallest absolute Gasteiger partial charge is 0.276 e. The number of hydrazine groups is 1. The molecule has 2 aromatic rings. The Balaban J connectivity index is 1.66. The Labute approximate surface area is 160 Å². The van der Waals surface area contributed by atoms with Gasteiger partial charge in [-0.25, -0.2) is 0 Å². The van der Waals surface area contributed by atoms with Gasteiger partial charge in [0, 0.05) is 17.0 Å². The van der Waals surface area contributed by atoms with Crippen molar-refractivity contribution in [2.75, 3.05) is 12.4 Å². The molecule has 2 amide bonds. The molecule has 0 aliphatic carbocycles. The standard InChI is InChI=1S/C18H19N3O5S/c1-2-13-3-7-15(8-4-13)26-11-17(22)19-20-18(23)12-27-16-9-5-14(6-10-16)21(24)25/h3-10H,2,11-12H2,1H3,(H,19,22)(H,20,23). The molecule has 0 atom stereocenters. The number of nitro groups is 1. The number of thioether (sulfide) groups is 1. The van der Waals surface area contributed by atoms with Gasteiger partial charge in [-0.15, -0.1) is 11.8 Å². The van der Waals surface area contributed by atoms with Crippen LogP contribution in [0.1, 0.15) is 12.5 Å². The highest BCUT2D eigenvalue weighted by atomic mass is 32.2. The molecule has 9 heteroatoms. The van der Waals surface area contributed by atoms with Crippen LogP contribution in [0.3, 0.4) is 0 Å². The topological polar surface area (TPSA) is 111 Å². The second-order valence-corrected chi connectivity index (χ2v) is 6.47. The number of nitro benzene ring substituents is 1. The molecule has 0 bridgehead atoms. The zero-order chi connectivity index (χ0) is 19.6. The number of benzene rings is 2. The molecule has 8 nitrogen and oxygen atoms in total. The van der Waals surface area contributed by atoms with Gasteiger partial charge in [0.05, 0.1) is 10.7 Å². The highest BCUT2D eigenvalue weighted by Crippen LogP contribution is 2.20. The largest absolute Gasteiger partial charge is 0.484 e. The molecule has 0 fully saturated rings. The molecule has 0 heterocycles. The molecular formula is C18H19N3O5S. The van der Waals surface area contributed by atoms with E-state index < -0.39 is 16.7 Å². The number of aryl methyl sites for hydroxylation is 1. The van der Waals surface area contributed by atoms with Crippen LogP contribution in [0.5, 0.6) is 5.75 Å². The SMILES string of the molecule is CCc1ccc(OCC(=O)NNC(=O)CSc2ccc([N+](=O)[O-])cc2)cc1. The Morgan fingerprint density at radius 3 is 2.26 bits per heavy atom. The summed E-state index contributed by atoms with van der Waals surface area (Å²) in [5.41, 5.74) is 5.72. The third-order valence-electron chi connectivity index (χ3n) is 3.46. The monoisotopic (exact) mass is 389 g/mol. The first-order valence-electron chi connectivity index (χ1n) is 8.14. The van der Waals surface area contributed by atoms with Gasteiger partial charge in [0.1, 0.15) is 5.75 Å². The maximum absolute atomic E-state index is 11.7. The van der Waals surface area contributed by atoms with Crippen LogP contribution in [-0.4, -0.2) is 29.1 Å². The van der Waals surface area contributed by atoms with E-state index in [1.54, 1.807) is 24.3 Å². The van der Waals surface area contributed by atoms with Gasteiger partial charge < -0.3 is 4.74 Å². The molecule has 142 valence electrons. The third kappa shape index (κ3) is 6.98. The quantitative estimate of drug-likeness (QED) is 0.408. The van der Waals surface area contributed by atoms with Gasteiger partial charge in [0.25, 0.3) is 11.6 Å². The van der Waals surface area contributed by atoms with E-state index in [1.807, 2.05) is 19.1 Å². The number of nitrogens with one attached hydrogen (secondary N) is 2. The van der Waals surface area contributed by atoms with E-state index in [1.165, 1.54) is 29.5 Å². The van der Waals surface area contributed by atoms with Gasteiger partial charge in [-0.3, -0.25) is 30.6 Å². The molecule has 2 N–H and O–H groups in total. The predicted octanol–water partition coefficient (Wildman–Crippen LogP) is 2.48. The Morgan fingerprint density at radius 2 is 1.67 bits per heavy atom. The molecule has 0 aliphatic rings. The van der Waals surface area contributed by atoms with Crippen molar-refractivity contribution in [3.05, 3.63) is 64.2 Å². The van der Waals surface area contributed by atoms with Crippen LogP contribution in [0, 0.1) is 10.1 Å². The lowest BCUT2D eigenvalue weighted by molar-refractivity contribution is -0.384. The van der Waals surface area contributed by atoms with E-state index in [4.69, 9.17) is 4.74 Å². The van der Waals surface area contributed by atoms with Crippen LogP contribution in [0.25, 0.3) is 0 Å². The molecule has 2 aromatic carbocycles. The molecule has 0 unspecified atom stereocenters. The van der Waals surface area contributed by atoms with Crippen molar-refractivity contribution in [1.82, 2.24) is 10.9 Å². The summed E-state index contributed by atoms with van der Waals surface area (Å²) in [6, 6.07) is 13.3. The molecule has 0 saturated carbocycles. The fraction of sp³-hybridized carbons (Fsp3) is 0.222. The van der Waals surface area contributed by atoms with Crippen LogP contribution < -0.4 is 15.6 Å². The number of nitrogens with zero attached hydrogens (tertiary/aromatic N) is 1. The van der Waals surface area contributed by atoms with Crippen LogP contribution in [0.15, 0.2) is 53.4 Å². The summed E-state index contributed by atoms with van der Waals surface area (Å²) in [6.07, 6.45) is 0.921. The lowest BCUT2D eigenvalue weighted by Crippen LogP contribution is -2.44. The number of hydrogen-bond donors (Lipinski definition) is 2. The van der Waals surface area contributed by atoms with Crippen LogP contribution in [-0.2, 0) is 16.0 Å². The van der Waals surface area contributed by atoms with Gasteiger partial charge in [0.15, 0.2) is 6.61 Å². The van der Waals surface area contributed by atoms with Crippen molar-refractivity contribution in [1.29, 1.82) is 0 Å². The number of amides is 2. The minimum absolute atomic E-state index is 0.0135. The van der Waals surface area contributed by atoms with Crippen molar-refractivity contribution in [3.63, 3.8) is 0 Å². The van der Waals surface area contributed by atoms with Crippen LogP contribution >= 0.6 is 11.8 Å². The summed E-state index contributed by atoms with van der Waals surface area (Å²) in [7, 11) is 0. The zero-order valence-electron chi connectivity index (χ0n) is 14.6. The normalized spacial score (nSPS) is 10.1. The lowest BCUT2D eigenvalue weighted by Gasteiger charge is -2.09. The van der Waals surface area contributed by atoms with E-state index in [0.717, 1.165) is 6.42 Å². The van der Waals surface area contributed by atoms with E-state index in [9.17, 15) is 19.7 Å². The summed E-state index contributed by atoms with van der Waals surface area (Å²) >= 11 is 1.20. The Morgan fingerprint density at radius 1 is 1.04 bits per heavy atom. The maximum atomic E-state index is 11.7. The van der Waals surface area contributed by atoms with Crippen LogP contribution in [0.2, 0.25) is 0 Å². The number of ether oxygens (including phenoxy) is 1. The van der Waals surface area contributed by atoms with Gasteiger partial charge >= 0.3 is 0 Å². The highest BCUT2D eigenvalue weighted by molar-refractivity contribution is 8.00. The fourth-order valence-electron chi connectivity index (χ4n) is 1.99. The molecule has 0 saturated heterocycles. The molecule has 2 rings (SSSR count). The van der Waals surface area contributed by atoms with Crippen molar-refractivity contribution in [2.24, 2.45) is 0 Å². The maximum Gasteiger partial charge on any atom is 0.276 e. The first-order chi connectivity index (χ1) is 13.0. The number of carbonyl (C=O) groups excluding carboxylic acids is 2. The minimum Gasteiger partial charge on any atom is -0.484 e. The van der Waals surface area contributed by atoms with Gasteiger partial charge in [0.2, 0.25) is 5.91 Å². The Kier molecular flexibility index (Phi) is 7.63. The van der Waals surface area contributed by atoms with Crippen molar-refractivity contribution in [2.45, 2.75) is 18.2 Å². The Bertz CT molecular complexity index is 794. The van der Waals surface area contributed by atoms with Crippen molar-refractivity contribution >= 4 is 29.3 Å². The molecule has 27 heavy (non-hydrogen) atoms. The van der Waals surface area contributed by atoms with Crippen LogP contribution in [0.4, 0.5) is 5.69 Å². The Hall–Kier alpha value is -3.07. The average molecular weight is 389 g/mol. The lowest BCUT2D eigenvalue weighted by atomic mass is 10.2. The second-order valence-electron chi connectivity index (χ2n) is 5.42. The van der Waals surface area contributed by atoms with Gasteiger partial charge in [-0.05, 0) is 36.2 Å². The van der Waals surface area contributed by atoms with Gasteiger partial charge in [-0.1, -0.05) is 19.1 Å². The molecule has 0 aromatic heterocycles. The summed E-state index contributed by atoms with van der Waals surface area (Å²) in [6.45, 7) is 1.83. The minimum atomic E-state index is -0.489. The molecular weight excluding hydrogens is 370 g/mol. The number of carbonyl (C=O) groups is 2. The summed E-state index contributed by atoms with van der Waals surface area (Å²) < 4.78 is 5.34. The number of hydrogen-bond acceptors (Lipinski definition) is 6. The second kappa shape index (κ2) is 10.2. The first-order valence-corrected chi connectivity index (χ1v) is 9.13. The molecule has 0 spiro atoms. The van der Waals surface area contributed by atoms with E-state index in [0.29, 0.717) is 10.6 Å². The number of non-ortho nitro benzene ring substituents is 1. The van der Waals surface area contributed by atoms with E-state index in [2.05, 4.69) is 10.9 Å². The average Bonchev–Trinajstić information content (AvgIpc) is 2.69. The van der Waals surface area contributed by atoms with Crippen molar-refractivity contribution in [3.8, 4) is 5.75 Å². The summed E-state index contributed by atoms with van der Waals surface area (Å²) in [4.78, 5) is 34.2. The zero-order valence-corrected chi connectivity index (χ0v) is 15.5. The number of rotatable bonds is 8. The molecule has 0 radical (unpaired) electrons. The molecule has 0 aliphatic heterocycles. The summed E-state index contributed by atoms with van der Waals surface area (Å²) in [5, 5.41) is 10.6. The summed E-state index contributed by atoms with van der Waals surface area (Å²) in [5.74, 6) is -0.262. The third-order valence-corrected chi connectivity index (χ3v) is 4.47. The van der Waals surface area contributed by atoms with E-state index >= 15 is 0 Å². The van der Waals surface area contributed by atoms with Crippen molar-refractivity contribution < 1.29 is 19.2 Å². The first kappa shape index (κ1) is 20.2. The highest BCUT2D eigenvalue weighted by Gasteiger charge is 2.08. The van der Waals surface area contributed by atoms with E-state index in [-0.39, 0.29) is 18.0 Å². The van der Waals surface area contributed by atoms with Gasteiger partial charge in [-0.2, -0.15) is 0 Å².